The number of pyridine rings is 3. The molecule has 0 amide bonds. The maximum Gasteiger partial charge on any atom is 0.216 e. The first-order valence-electron chi connectivity index (χ1n) is 26.4. The maximum atomic E-state index is 8.86. The molecule has 0 bridgehead atoms. The Morgan fingerprint density at radius 1 is 0.741 bits per heavy atom. The summed E-state index contributed by atoms with van der Waals surface area (Å²) >= 11 is 0. The number of rotatable bonds is 8. The summed E-state index contributed by atoms with van der Waals surface area (Å²) in [7, 11) is 0. The number of hydrogen-bond donors (Lipinski definition) is 0. The number of benzene rings is 4. The van der Waals surface area contributed by atoms with Crippen molar-refractivity contribution in [2.45, 2.75) is 87.1 Å². The van der Waals surface area contributed by atoms with E-state index in [1.807, 2.05) is 65.0 Å². The van der Waals surface area contributed by atoms with Gasteiger partial charge in [-0.2, -0.15) is 0 Å². The molecule has 0 unspecified atom stereocenters. The van der Waals surface area contributed by atoms with Crippen molar-refractivity contribution in [3.63, 3.8) is 0 Å². The minimum atomic E-state index is -2.61. The summed E-state index contributed by atoms with van der Waals surface area (Å²) in [5.74, 6) is -0.992. The van der Waals surface area contributed by atoms with Crippen molar-refractivity contribution in [2.24, 2.45) is 5.41 Å². The van der Waals surface area contributed by atoms with E-state index < -0.39 is 45.1 Å². The topological polar surface area (TPSA) is 51.8 Å². The van der Waals surface area contributed by atoms with Gasteiger partial charge in [0.15, 0.2) is 0 Å². The van der Waals surface area contributed by atoms with Crippen LogP contribution < -0.4 is 0 Å². The van der Waals surface area contributed by atoms with Crippen LogP contribution in [0.1, 0.15) is 107 Å². The van der Waals surface area contributed by atoms with Crippen molar-refractivity contribution in [2.75, 3.05) is 0 Å². The minimum Gasteiger partial charge on any atom is -0.486 e. The van der Waals surface area contributed by atoms with Crippen LogP contribution in [0.3, 0.4) is 0 Å². The second-order valence-electron chi connectivity index (χ2n) is 14.8. The monoisotopic (exact) mass is 955 g/mol. The van der Waals surface area contributed by atoms with Gasteiger partial charge in [-0.1, -0.05) is 125 Å². The smallest absolute Gasteiger partial charge is 0.216 e. The van der Waals surface area contributed by atoms with Crippen LogP contribution in [-0.2, 0) is 26.5 Å². The number of furan rings is 1. The zero-order chi connectivity index (χ0) is 53.0. The Bertz CT molecular complexity index is 3240. The first-order valence-corrected chi connectivity index (χ1v) is 18.9. The van der Waals surface area contributed by atoms with Crippen molar-refractivity contribution >= 4 is 22.1 Å². The van der Waals surface area contributed by atoms with Gasteiger partial charge in [-0.3, -0.25) is 0 Å². The molecule has 0 saturated carbocycles. The Kier molecular flexibility index (Phi) is 8.36. The second kappa shape index (κ2) is 18.1. The summed E-state index contributed by atoms with van der Waals surface area (Å²) in [5, 5.41) is 1.22. The largest absolute Gasteiger partial charge is 0.486 e. The van der Waals surface area contributed by atoms with Crippen LogP contribution in [0.5, 0.6) is 0 Å². The van der Waals surface area contributed by atoms with E-state index in [-0.39, 0.29) is 65.0 Å². The molecule has 4 aromatic carbocycles. The van der Waals surface area contributed by atoms with E-state index in [4.69, 9.17) is 25.0 Å². The van der Waals surface area contributed by atoms with E-state index >= 15 is 0 Å². The molecule has 0 atom stereocenters. The predicted octanol–water partition coefficient (Wildman–Crippen LogP) is 14.4. The van der Waals surface area contributed by atoms with Gasteiger partial charge in [-0.15, -0.1) is 47.5 Å². The van der Waals surface area contributed by atoms with Crippen molar-refractivity contribution in [1.29, 1.82) is 0 Å². The Labute approximate surface area is 379 Å². The normalized spacial score (nSPS) is 16.5. The van der Waals surface area contributed by atoms with Gasteiger partial charge in [0, 0.05) is 64.1 Å². The molecule has 8 rings (SSSR count). The molecule has 0 aliphatic rings. The molecule has 0 saturated heterocycles. The SMILES string of the molecule is [2H]C([2H])([2H])c1c[c-]c(-c2ccc(C([2H])([2H])C(C)(C)C)cn2)cc1-c1ccccc1.[2H]C([2H])([2H])c1ccc2c(n1)oc1c(-c3cc(-c4ccc(C([2H])(CC)CC)cc4C([2H])([2H])[2H])c(C([2H])([2H])[2H])cn3)[c-]ccc12.[Ir]. The molecule has 4 heterocycles. The Morgan fingerprint density at radius 3 is 2.24 bits per heavy atom. The summed E-state index contributed by atoms with van der Waals surface area (Å²) in [6.07, 6.45) is 2.19. The molecular weight excluding hydrogens is 887 g/mol. The van der Waals surface area contributed by atoms with Gasteiger partial charge < -0.3 is 14.4 Å². The maximum absolute atomic E-state index is 8.86. The molecule has 1 radical (unpaired) electrons. The molecule has 8 aromatic rings. The van der Waals surface area contributed by atoms with Crippen molar-refractivity contribution in [3.8, 4) is 44.8 Å². The van der Waals surface area contributed by atoms with Gasteiger partial charge in [0.05, 0.1) is 5.58 Å². The number of aromatic nitrogens is 3. The third-order valence-electron chi connectivity index (χ3n) is 9.62. The molecule has 297 valence electrons. The van der Waals surface area contributed by atoms with Gasteiger partial charge in [-0.25, -0.2) is 4.98 Å². The summed E-state index contributed by atoms with van der Waals surface area (Å²) in [6.45, 7) is -0.570. The third kappa shape index (κ3) is 9.39. The van der Waals surface area contributed by atoms with Crippen LogP contribution in [0.15, 0.2) is 120 Å². The zero-order valence-corrected chi connectivity index (χ0v) is 35.4. The molecule has 0 aliphatic heterocycles. The van der Waals surface area contributed by atoms with E-state index in [1.54, 1.807) is 54.7 Å². The number of hydrogen-bond acceptors (Lipinski definition) is 4. The molecule has 0 spiro atoms. The van der Waals surface area contributed by atoms with E-state index in [1.165, 1.54) is 30.5 Å². The third-order valence-corrected chi connectivity index (χ3v) is 9.62. The van der Waals surface area contributed by atoms with Crippen molar-refractivity contribution in [3.05, 3.63) is 161 Å². The van der Waals surface area contributed by atoms with Gasteiger partial charge in [0.1, 0.15) is 0 Å². The fourth-order valence-electron chi connectivity index (χ4n) is 6.84. The standard InChI is InChI=1S/C30H29N2O.C23H24N.Ir/c1-6-21(7-2)22-12-14-23(18(3)15-22)27-16-28(31-17-19(27)4)26-10-8-9-24-25-13-11-20(5)32-30(25)33-29(24)26;1-17-10-12-20(14-21(17)19-8-6-5-7-9-19)22-13-11-18(16-24-22)15-23(2,3)4;/h8-9,11-17,21H,6-7H2,1-5H3;5-11,13-14,16H,15H2,1-4H3;/q2*-1;/i3D3,4D3,5D3,21D;1D3,15D2;. The minimum absolute atomic E-state index is 0. The van der Waals surface area contributed by atoms with Crippen LogP contribution in [0, 0.1) is 45.0 Å². The summed E-state index contributed by atoms with van der Waals surface area (Å²) in [4.78, 5) is 13.1. The van der Waals surface area contributed by atoms with E-state index in [0.29, 0.717) is 62.7 Å². The predicted molar refractivity (Wildman–Crippen MR) is 238 cm³/mol. The van der Waals surface area contributed by atoms with Gasteiger partial charge in [0.25, 0.3) is 0 Å². The van der Waals surface area contributed by atoms with Gasteiger partial charge in [0.2, 0.25) is 5.71 Å². The van der Waals surface area contributed by atoms with E-state index in [9.17, 15) is 0 Å². The number of fused-ring (bicyclic) bond motifs is 3. The molecular formula is C53H53IrN3O-2. The average Bonchev–Trinajstić information content (AvgIpc) is 3.71. The van der Waals surface area contributed by atoms with E-state index in [2.05, 4.69) is 27.1 Å². The fourth-order valence-corrected chi connectivity index (χ4v) is 6.84. The summed E-state index contributed by atoms with van der Waals surface area (Å²) < 4.78 is 128. The van der Waals surface area contributed by atoms with Gasteiger partial charge in [-0.05, 0) is 114 Å². The first-order chi connectivity index (χ1) is 33.4. The van der Waals surface area contributed by atoms with Crippen molar-refractivity contribution in [1.82, 2.24) is 15.0 Å². The van der Waals surface area contributed by atoms with Crippen LogP contribution >= 0.6 is 0 Å². The Balaban J connectivity index is 0.000000253. The van der Waals surface area contributed by atoms with Crippen LogP contribution in [-0.4, -0.2) is 15.0 Å². The number of nitrogens with zero attached hydrogens (tertiary/aromatic N) is 3. The quantitative estimate of drug-likeness (QED) is 0.142. The molecule has 4 nitrogen and oxygen atoms in total. The second-order valence-corrected chi connectivity index (χ2v) is 14.8. The van der Waals surface area contributed by atoms with Crippen LogP contribution in [0.4, 0.5) is 0 Å². The van der Waals surface area contributed by atoms with Crippen LogP contribution in [0.2, 0.25) is 0 Å². The van der Waals surface area contributed by atoms with Crippen LogP contribution in [0.25, 0.3) is 66.8 Å². The molecule has 0 aliphatic carbocycles. The van der Waals surface area contributed by atoms with Crippen molar-refractivity contribution < 1.29 is 45.1 Å². The zero-order valence-electron chi connectivity index (χ0n) is 48.0. The molecule has 58 heavy (non-hydrogen) atoms. The van der Waals surface area contributed by atoms with E-state index in [0.717, 1.165) is 5.56 Å². The summed E-state index contributed by atoms with van der Waals surface area (Å²) in [6, 6.07) is 35.0. The Morgan fingerprint density at radius 2 is 1.53 bits per heavy atom. The average molecular weight is 955 g/mol. The summed E-state index contributed by atoms with van der Waals surface area (Å²) in [5.41, 5.74) is 4.61. The Hall–Kier alpha value is -5.22. The molecule has 0 N–H and O–H groups in total. The number of aryl methyl sites for hydroxylation is 4. The molecule has 0 fully saturated rings. The fraction of sp³-hybridized carbons (Fsp3) is 0.264. The first kappa shape index (κ1) is 26.7. The van der Waals surface area contributed by atoms with Gasteiger partial charge >= 0.3 is 0 Å². The molecule has 5 heteroatoms. The molecule has 4 aromatic heterocycles.